The van der Waals surface area contributed by atoms with Crippen LogP contribution in [0.3, 0.4) is 0 Å². The molecule has 1 aliphatic rings. The van der Waals surface area contributed by atoms with Gasteiger partial charge in [-0.05, 0) is 58.1 Å². The summed E-state index contributed by atoms with van der Waals surface area (Å²) in [6.07, 6.45) is 1.08. The Morgan fingerprint density at radius 3 is 3.00 bits per heavy atom. The minimum Gasteiger partial charge on any atom is -0.381 e. The van der Waals surface area contributed by atoms with E-state index < -0.39 is 0 Å². The van der Waals surface area contributed by atoms with Crippen molar-refractivity contribution < 1.29 is 4.74 Å². The number of anilines is 1. The molecule has 0 saturated heterocycles. The van der Waals surface area contributed by atoms with Gasteiger partial charge in [0.1, 0.15) is 0 Å². The molecule has 110 valence electrons. The highest BCUT2D eigenvalue weighted by Crippen LogP contribution is 2.31. The van der Waals surface area contributed by atoms with Crippen LogP contribution in [-0.4, -0.2) is 13.2 Å². The number of hydrogen-bond donors (Lipinski definition) is 1. The van der Waals surface area contributed by atoms with Gasteiger partial charge in [-0.3, -0.25) is 0 Å². The van der Waals surface area contributed by atoms with Gasteiger partial charge in [0.25, 0.3) is 0 Å². The van der Waals surface area contributed by atoms with Gasteiger partial charge in [0.05, 0.1) is 18.4 Å². The van der Waals surface area contributed by atoms with Crippen molar-refractivity contribution in [2.24, 2.45) is 0 Å². The Kier molecular flexibility index (Phi) is 4.53. The summed E-state index contributed by atoms with van der Waals surface area (Å²) >= 11 is 9.77. The first-order valence-corrected chi connectivity index (χ1v) is 8.21. The maximum absolute atomic E-state index is 6.20. The lowest BCUT2D eigenvalue weighted by molar-refractivity contribution is 0.0513. The van der Waals surface area contributed by atoms with E-state index in [9.17, 15) is 0 Å². The van der Waals surface area contributed by atoms with E-state index in [2.05, 4.69) is 45.5 Å². The van der Waals surface area contributed by atoms with Crippen molar-refractivity contribution in [1.82, 2.24) is 0 Å². The van der Waals surface area contributed by atoms with Crippen LogP contribution in [0.2, 0.25) is 5.02 Å². The molecule has 0 bridgehead atoms. The van der Waals surface area contributed by atoms with E-state index in [1.54, 1.807) is 0 Å². The largest absolute Gasteiger partial charge is 0.381 e. The van der Waals surface area contributed by atoms with Crippen molar-refractivity contribution in [1.29, 1.82) is 0 Å². The topological polar surface area (TPSA) is 21.3 Å². The number of hydrogen-bond acceptors (Lipinski definition) is 2. The highest BCUT2D eigenvalue weighted by atomic mass is 79.9. The van der Waals surface area contributed by atoms with E-state index in [0.717, 1.165) is 40.3 Å². The van der Waals surface area contributed by atoms with Gasteiger partial charge in [0.15, 0.2) is 0 Å². The second-order valence-electron chi connectivity index (χ2n) is 5.27. The number of ether oxygens (including phenoxy) is 1. The molecule has 0 spiro atoms. The number of halogens is 2. The molecule has 4 heteroatoms. The molecule has 1 unspecified atom stereocenters. The third-order valence-electron chi connectivity index (χ3n) is 3.82. The summed E-state index contributed by atoms with van der Waals surface area (Å²) in [6.45, 7) is 3.51. The number of benzene rings is 2. The van der Waals surface area contributed by atoms with E-state index in [4.69, 9.17) is 16.3 Å². The Hall–Kier alpha value is -1.03. The molecule has 0 saturated carbocycles. The minimum atomic E-state index is 0.0851. The second kappa shape index (κ2) is 6.39. The molecule has 0 aromatic heterocycles. The van der Waals surface area contributed by atoms with Crippen molar-refractivity contribution in [2.45, 2.75) is 19.4 Å². The summed E-state index contributed by atoms with van der Waals surface area (Å²) in [5, 5.41) is 4.20. The van der Waals surface area contributed by atoms with Gasteiger partial charge in [0.2, 0.25) is 0 Å². The molecule has 2 nitrogen and oxygen atoms in total. The lowest BCUT2D eigenvalue weighted by Crippen LogP contribution is -2.22. The van der Waals surface area contributed by atoms with Crippen LogP contribution in [0.15, 0.2) is 40.9 Å². The third-order valence-corrected chi connectivity index (χ3v) is 4.88. The van der Waals surface area contributed by atoms with Gasteiger partial charge in [-0.15, -0.1) is 0 Å². The summed E-state index contributed by atoms with van der Waals surface area (Å²) in [5.74, 6) is 0. The monoisotopic (exact) mass is 365 g/mol. The highest BCUT2D eigenvalue weighted by molar-refractivity contribution is 9.10. The number of fused-ring (bicyclic) bond motifs is 1. The van der Waals surface area contributed by atoms with Crippen molar-refractivity contribution in [3.63, 3.8) is 0 Å². The normalized spacial score (nSPS) is 17.4. The van der Waals surface area contributed by atoms with Gasteiger partial charge in [-0.2, -0.15) is 0 Å². The van der Waals surface area contributed by atoms with Crippen LogP contribution in [0.4, 0.5) is 5.69 Å². The van der Waals surface area contributed by atoms with E-state index >= 15 is 0 Å². The van der Waals surface area contributed by atoms with Crippen LogP contribution in [0.25, 0.3) is 0 Å². The summed E-state index contributed by atoms with van der Waals surface area (Å²) in [6, 6.07) is 12.5. The maximum Gasteiger partial charge on any atom is 0.0999 e. The smallest absolute Gasteiger partial charge is 0.0999 e. The fourth-order valence-electron chi connectivity index (χ4n) is 2.63. The third kappa shape index (κ3) is 3.25. The van der Waals surface area contributed by atoms with Crippen LogP contribution in [-0.2, 0) is 11.2 Å². The first-order chi connectivity index (χ1) is 10.1. The fourth-order valence-corrected chi connectivity index (χ4v) is 3.39. The van der Waals surface area contributed by atoms with E-state index in [0.29, 0.717) is 0 Å². The van der Waals surface area contributed by atoms with Gasteiger partial charge in [-0.25, -0.2) is 0 Å². The lowest BCUT2D eigenvalue weighted by atomic mass is 9.97. The Bertz CT molecular complexity index is 659. The highest BCUT2D eigenvalue weighted by Gasteiger charge is 2.20. The van der Waals surface area contributed by atoms with Crippen LogP contribution in [0, 0.1) is 6.92 Å². The SMILES string of the molecule is Cc1cc(Br)c(NCC2OCCc3ccccc32)cc1Cl. The van der Waals surface area contributed by atoms with Crippen molar-refractivity contribution in [3.05, 3.63) is 62.6 Å². The summed E-state index contributed by atoms with van der Waals surface area (Å²) in [4.78, 5) is 0. The predicted octanol–water partition coefficient (Wildman–Crippen LogP) is 5.14. The van der Waals surface area contributed by atoms with E-state index in [1.165, 1.54) is 11.1 Å². The van der Waals surface area contributed by atoms with Crippen molar-refractivity contribution >= 4 is 33.2 Å². The molecule has 1 atom stereocenters. The zero-order chi connectivity index (χ0) is 14.8. The first-order valence-electron chi connectivity index (χ1n) is 7.04. The Balaban J connectivity index is 1.76. The Morgan fingerprint density at radius 2 is 2.14 bits per heavy atom. The Labute approximate surface area is 138 Å². The zero-order valence-corrected chi connectivity index (χ0v) is 14.2. The quantitative estimate of drug-likeness (QED) is 0.812. The molecule has 0 fully saturated rings. The molecule has 2 aromatic carbocycles. The average Bonchev–Trinajstić information content (AvgIpc) is 2.49. The van der Waals surface area contributed by atoms with Crippen molar-refractivity contribution in [2.75, 3.05) is 18.5 Å². The van der Waals surface area contributed by atoms with Crippen molar-refractivity contribution in [3.8, 4) is 0 Å². The standard InChI is InChI=1S/C17H17BrClNO/c1-11-8-14(18)16(9-15(11)19)20-10-17-13-5-3-2-4-12(13)6-7-21-17/h2-5,8-9,17,20H,6-7,10H2,1H3. The van der Waals surface area contributed by atoms with Gasteiger partial charge < -0.3 is 10.1 Å². The summed E-state index contributed by atoms with van der Waals surface area (Å²) in [7, 11) is 0. The van der Waals surface area contributed by atoms with E-state index in [1.807, 2.05) is 19.1 Å². The van der Waals surface area contributed by atoms with Gasteiger partial charge in [0, 0.05) is 16.0 Å². The molecular weight excluding hydrogens is 350 g/mol. The first kappa shape index (κ1) is 14.9. The minimum absolute atomic E-state index is 0.0851. The van der Waals surface area contributed by atoms with Crippen LogP contribution in [0.1, 0.15) is 22.8 Å². The molecule has 2 aromatic rings. The number of nitrogens with one attached hydrogen (secondary N) is 1. The van der Waals surface area contributed by atoms with Crippen LogP contribution in [0.5, 0.6) is 0 Å². The fraction of sp³-hybridized carbons (Fsp3) is 0.294. The lowest BCUT2D eigenvalue weighted by Gasteiger charge is -2.26. The van der Waals surface area contributed by atoms with Gasteiger partial charge >= 0.3 is 0 Å². The predicted molar refractivity (Wildman–Crippen MR) is 91.2 cm³/mol. The van der Waals surface area contributed by atoms with Crippen LogP contribution >= 0.6 is 27.5 Å². The summed E-state index contributed by atoms with van der Waals surface area (Å²) in [5.41, 5.74) is 4.73. The molecule has 1 aliphatic heterocycles. The molecule has 3 rings (SSSR count). The molecule has 1 N–H and O–H groups in total. The number of aryl methyl sites for hydroxylation is 1. The molecule has 21 heavy (non-hydrogen) atoms. The maximum atomic E-state index is 6.20. The van der Waals surface area contributed by atoms with E-state index in [-0.39, 0.29) is 6.10 Å². The average molecular weight is 367 g/mol. The molecule has 1 heterocycles. The molecule has 0 aliphatic carbocycles. The molecule has 0 radical (unpaired) electrons. The molecular formula is C17H17BrClNO. The summed E-state index contributed by atoms with van der Waals surface area (Å²) < 4.78 is 6.93. The second-order valence-corrected chi connectivity index (χ2v) is 6.53. The zero-order valence-electron chi connectivity index (χ0n) is 11.8. The Morgan fingerprint density at radius 1 is 1.33 bits per heavy atom. The van der Waals surface area contributed by atoms with Gasteiger partial charge in [-0.1, -0.05) is 35.9 Å². The number of rotatable bonds is 3. The molecule has 0 amide bonds. The van der Waals surface area contributed by atoms with Crippen LogP contribution < -0.4 is 5.32 Å².